The van der Waals surface area contributed by atoms with Crippen molar-refractivity contribution in [1.82, 2.24) is 15.2 Å². The van der Waals surface area contributed by atoms with E-state index >= 15 is 0 Å². The molecule has 30 heavy (non-hydrogen) atoms. The molecule has 0 aliphatic rings. The van der Waals surface area contributed by atoms with Crippen LogP contribution in [0.5, 0.6) is 0 Å². The first-order valence-electron chi connectivity index (χ1n) is 8.17. The molecule has 0 fully saturated rings. The summed E-state index contributed by atoms with van der Waals surface area (Å²) in [6.45, 7) is -0.355. The molecule has 0 radical (unpaired) electrons. The molecule has 0 amide bonds. The highest BCUT2D eigenvalue weighted by Gasteiger charge is 2.31. The summed E-state index contributed by atoms with van der Waals surface area (Å²) in [6.07, 6.45) is -5.52. The quantitative estimate of drug-likeness (QED) is 0.529. The van der Waals surface area contributed by atoms with E-state index in [4.69, 9.17) is 4.42 Å². The van der Waals surface area contributed by atoms with Crippen molar-refractivity contribution in [3.63, 3.8) is 0 Å². The number of halogens is 5. The van der Waals surface area contributed by atoms with Gasteiger partial charge in [-0.1, -0.05) is 6.07 Å². The van der Waals surface area contributed by atoms with Crippen LogP contribution >= 0.6 is 0 Å². The predicted molar refractivity (Wildman–Crippen MR) is 95.0 cm³/mol. The molecule has 1 aromatic carbocycles. The van der Waals surface area contributed by atoms with Gasteiger partial charge in [0.2, 0.25) is 15.9 Å². The van der Waals surface area contributed by atoms with Crippen LogP contribution in [0.4, 0.5) is 27.6 Å². The second-order valence-electron chi connectivity index (χ2n) is 6.10. The number of aromatic nitrogens is 3. The van der Waals surface area contributed by atoms with Gasteiger partial charge in [0.05, 0.1) is 35.3 Å². The zero-order valence-corrected chi connectivity index (χ0v) is 16.0. The Bertz CT molecular complexity index is 1130. The number of alkyl halides is 5. The van der Waals surface area contributed by atoms with Gasteiger partial charge in [0.1, 0.15) is 0 Å². The smallest absolute Gasteiger partial charge is 0.415 e. The number of nitrogens with zero attached hydrogens (tertiary/aromatic N) is 4. The minimum absolute atomic E-state index is 0.184. The van der Waals surface area contributed by atoms with Crippen LogP contribution in [-0.4, -0.2) is 29.9 Å². The summed E-state index contributed by atoms with van der Waals surface area (Å²) in [7, 11) is -3.95. The minimum atomic E-state index is -4.64. The van der Waals surface area contributed by atoms with E-state index in [9.17, 15) is 30.4 Å². The fourth-order valence-electron chi connectivity index (χ4n) is 2.47. The zero-order valence-electron chi connectivity index (χ0n) is 15.1. The van der Waals surface area contributed by atoms with Crippen LogP contribution in [-0.2, 0) is 22.7 Å². The van der Waals surface area contributed by atoms with Gasteiger partial charge in [0, 0.05) is 6.20 Å². The Morgan fingerprint density at radius 3 is 2.40 bits per heavy atom. The zero-order chi connectivity index (χ0) is 22.1. The van der Waals surface area contributed by atoms with Crippen molar-refractivity contribution in [1.29, 1.82) is 0 Å². The van der Waals surface area contributed by atoms with Crippen LogP contribution < -0.4 is 4.31 Å². The lowest BCUT2D eigenvalue weighted by atomic mass is 10.2. The fourth-order valence-corrected chi connectivity index (χ4v) is 3.33. The number of pyridine rings is 1. The van der Waals surface area contributed by atoms with Crippen molar-refractivity contribution < 1.29 is 34.8 Å². The van der Waals surface area contributed by atoms with Crippen molar-refractivity contribution in [3.8, 4) is 11.5 Å². The van der Waals surface area contributed by atoms with Crippen LogP contribution in [0.15, 0.2) is 47.0 Å². The lowest BCUT2D eigenvalue weighted by molar-refractivity contribution is -0.137. The van der Waals surface area contributed by atoms with E-state index in [1.165, 1.54) is 24.4 Å². The summed E-state index contributed by atoms with van der Waals surface area (Å²) in [5, 5.41) is 6.66. The molecule has 160 valence electrons. The average Bonchev–Trinajstić information content (AvgIpc) is 3.16. The first-order chi connectivity index (χ1) is 13.9. The van der Waals surface area contributed by atoms with Crippen LogP contribution in [0.2, 0.25) is 0 Å². The highest BCUT2D eigenvalue weighted by molar-refractivity contribution is 7.92. The first-order valence-corrected chi connectivity index (χ1v) is 10.0. The van der Waals surface area contributed by atoms with Gasteiger partial charge in [-0.2, -0.15) is 22.0 Å². The largest absolute Gasteiger partial charge is 0.416 e. The number of sulfonamides is 1. The lowest BCUT2D eigenvalue weighted by Crippen LogP contribution is -2.30. The molecule has 0 aliphatic heterocycles. The number of hydrogen-bond donors (Lipinski definition) is 0. The summed E-state index contributed by atoms with van der Waals surface area (Å²) < 4.78 is 93.9. The Morgan fingerprint density at radius 2 is 1.87 bits per heavy atom. The molecule has 0 bridgehead atoms. The molecule has 0 spiro atoms. The molecule has 2 aromatic heterocycles. The Kier molecular flexibility index (Phi) is 5.74. The Hall–Kier alpha value is -3.09. The third kappa shape index (κ3) is 4.90. The number of hydrogen-bond acceptors (Lipinski definition) is 6. The summed E-state index contributed by atoms with van der Waals surface area (Å²) in [4.78, 5) is 4.02. The monoisotopic (exact) mass is 448 g/mol. The normalized spacial score (nSPS) is 12.4. The molecule has 2 heterocycles. The Labute approximate surface area is 167 Å². The van der Waals surface area contributed by atoms with Crippen molar-refractivity contribution in [2.45, 2.75) is 19.1 Å². The third-order valence-corrected chi connectivity index (χ3v) is 5.01. The highest BCUT2D eigenvalue weighted by atomic mass is 32.2. The molecule has 13 heteroatoms. The molecular formula is C17H13F5N4O3S. The van der Waals surface area contributed by atoms with Gasteiger partial charge in [-0.05, 0) is 30.3 Å². The standard InChI is InChI=1S/C17H13F5N4O3S/c1-30(27,28)26(13-4-2-3-11(7-13)17(20,21)22)9-12-6-5-10(8-23-12)15-24-25-16(29-15)14(18)19/h2-8,14H,9H2,1H3. The fraction of sp³-hybridized carbons (Fsp3) is 0.235. The molecular weight excluding hydrogens is 435 g/mol. The molecule has 0 saturated heterocycles. The van der Waals surface area contributed by atoms with Crippen molar-refractivity contribution in [2.75, 3.05) is 10.6 Å². The van der Waals surface area contributed by atoms with Gasteiger partial charge in [-0.3, -0.25) is 9.29 Å². The van der Waals surface area contributed by atoms with E-state index in [2.05, 4.69) is 15.2 Å². The molecule has 0 aliphatic carbocycles. The maximum atomic E-state index is 13.0. The number of benzene rings is 1. The van der Waals surface area contributed by atoms with Gasteiger partial charge in [0.25, 0.3) is 5.89 Å². The van der Waals surface area contributed by atoms with Gasteiger partial charge in [-0.25, -0.2) is 8.42 Å². The molecule has 0 unspecified atom stereocenters. The predicted octanol–water partition coefficient (Wildman–Crippen LogP) is 4.05. The van der Waals surface area contributed by atoms with Gasteiger partial charge in [0.15, 0.2) is 0 Å². The lowest BCUT2D eigenvalue weighted by Gasteiger charge is -2.23. The molecule has 0 saturated carbocycles. The molecule has 0 atom stereocenters. The maximum Gasteiger partial charge on any atom is 0.416 e. The van der Waals surface area contributed by atoms with Gasteiger partial charge < -0.3 is 4.42 Å². The molecule has 3 rings (SSSR count). The third-order valence-electron chi connectivity index (χ3n) is 3.87. The molecule has 7 nitrogen and oxygen atoms in total. The van der Waals surface area contributed by atoms with E-state index in [1.54, 1.807) is 0 Å². The van der Waals surface area contributed by atoms with Crippen molar-refractivity contribution >= 4 is 15.7 Å². The SMILES string of the molecule is CS(=O)(=O)N(Cc1ccc(-c2nnc(C(F)F)o2)cn1)c1cccc(C(F)(F)F)c1. The Morgan fingerprint density at radius 1 is 1.13 bits per heavy atom. The summed E-state index contributed by atoms with van der Waals surface area (Å²) in [5.41, 5.74) is -0.779. The Balaban J connectivity index is 1.88. The van der Waals surface area contributed by atoms with Gasteiger partial charge in [-0.15, -0.1) is 10.2 Å². The van der Waals surface area contributed by atoms with Crippen molar-refractivity contribution in [3.05, 3.63) is 59.7 Å². The van der Waals surface area contributed by atoms with E-state index < -0.39 is 34.1 Å². The van der Waals surface area contributed by atoms with E-state index in [0.717, 1.165) is 28.8 Å². The second kappa shape index (κ2) is 7.97. The van der Waals surface area contributed by atoms with Crippen LogP contribution in [0, 0.1) is 0 Å². The van der Waals surface area contributed by atoms with E-state index in [1.807, 2.05) is 0 Å². The highest BCUT2D eigenvalue weighted by Crippen LogP contribution is 2.32. The van der Waals surface area contributed by atoms with E-state index in [0.29, 0.717) is 0 Å². The number of rotatable bonds is 6. The number of anilines is 1. The van der Waals surface area contributed by atoms with Crippen molar-refractivity contribution in [2.24, 2.45) is 0 Å². The first kappa shape index (κ1) is 21.6. The topological polar surface area (TPSA) is 89.2 Å². The minimum Gasteiger partial charge on any atom is -0.415 e. The summed E-state index contributed by atoms with van der Waals surface area (Å²) in [6, 6.07) is 6.64. The average molecular weight is 448 g/mol. The van der Waals surface area contributed by atoms with Crippen LogP contribution in [0.1, 0.15) is 23.6 Å². The molecule has 0 N–H and O–H groups in total. The summed E-state index contributed by atoms with van der Waals surface area (Å²) in [5.74, 6) is -1.07. The second-order valence-corrected chi connectivity index (χ2v) is 8.01. The van der Waals surface area contributed by atoms with Crippen LogP contribution in [0.25, 0.3) is 11.5 Å². The molecule has 3 aromatic rings. The van der Waals surface area contributed by atoms with E-state index in [-0.39, 0.29) is 29.4 Å². The summed E-state index contributed by atoms with van der Waals surface area (Å²) >= 11 is 0. The van der Waals surface area contributed by atoms with Gasteiger partial charge >= 0.3 is 12.6 Å². The van der Waals surface area contributed by atoms with Crippen LogP contribution in [0.3, 0.4) is 0 Å². The maximum absolute atomic E-state index is 13.0.